The van der Waals surface area contributed by atoms with Gasteiger partial charge in [-0.25, -0.2) is 0 Å². The molecule has 2 aromatic heterocycles. The van der Waals surface area contributed by atoms with Gasteiger partial charge < -0.3 is 25.2 Å². The van der Waals surface area contributed by atoms with Crippen LogP contribution in [0.25, 0.3) is 9.75 Å². The van der Waals surface area contributed by atoms with E-state index in [9.17, 15) is 20.4 Å². The molecular formula is C30H32O5S2. The second-order valence-electron chi connectivity index (χ2n) is 9.75. The van der Waals surface area contributed by atoms with Crippen molar-refractivity contribution in [2.75, 3.05) is 6.61 Å². The molecule has 7 heteroatoms. The molecule has 1 fully saturated rings. The molecule has 5 atom stereocenters. The highest BCUT2D eigenvalue weighted by molar-refractivity contribution is 7.22. The van der Waals surface area contributed by atoms with E-state index in [1.54, 1.807) is 11.3 Å². The van der Waals surface area contributed by atoms with Gasteiger partial charge in [0.25, 0.3) is 0 Å². The Morgan fingerprint density at radius 1 is 0.703 bits per heavy atom. The van der Waals surface area contributed by atoms with Crippen molar-refractivity contribution in [3.63, 3.8) is 0 Å². The number of aryl methyl sites for hydroxylation is 2. The van der Waals surface area contributed by atoms with Crippen molar-refractivity contribution in [2.45, 2.75) is 57.2 Å². The minimum Gasteiger partial charge on any atom is -0.394 e. The van der Waals surface area contributed by atoms with Crippen LogP contribution in [0.3, 0.4) is 0 Å². The highest BCUT2D eigenvalue weighted by Gasteiger charge is 2.44. The van der Waals surface area contributed by atoms with Crippen LogP contribution in [0.15, 0.2) is 66.7 Å². The van der Waals surface area contributed by atoms with E-state index in [4.69, 9.17) is 4.74 Å². The first-order valence-electron chi connectivity index (χ1n) is 12.5. The van der Waals surface area contributed by atoms with Crippen molar-refractivity contribution < 1.29 is 25.2 Å². The van der Waals surface area contributed by atoms with E-state index in [0.717, 1.165) is 24.0 Å². The van der Waals surface area contributed by atoms with E-state index in [1.807, 2.05) is 29.5 Å². The topological polar surface area (TPSA) is 90.2 Å². The Hall–Kier alpha value is -2.36. The van der Waals surface area contributed by atoms with Crippen LogP contribution in [0.4, 0.5) is 0 Å². The van der Waals surface area contributed by atoms with Crippen molar-refractivity contribution in [3.05, 3.63) is 104 Å². The van der Waals surface area contributed by atoms with E-state index in [0.29, 0.717) is 5.56 Å². The first-order chi connectivity index (χ1) is 17.8. The molecule has 1 saturated heterocycles. The molecule has 4 aromatic rings. The zero-order valence-electron chi connectivity index (χ0n) is 20.9. The van der Waals surface area contributed by atoms with Crippen LogP contribution in [0.5, 0.6) is 0 Å². The summed E-state index contributed by atoms with van der Waals surface area (Å²) < 4.78 is 5.77. The molecular weight excluding hydrogens is 504 g/mol. The third kappa shape index (κ3) is 5.59. The van der Waals surface area contributed by atoms with Gasteiger partial charge >= 0.3 is 0 Å². The molecule has 1 aliphatic rings. The van der Waals surface area contributed by atoms with Crippen LogP contribution < -0.4 is 0 Å². The fourth-order valence-electron chi connectivity index (χ4n) is 4.83. The van der Waals surface area contributed by atoms with E-state index in [1.165, 1.54) is 30.6 Å². The number of aliphatic hydroxyl groups excluding tert-OH is 4. The van der Waals surface area contributed by atoms with E-state index in [-0.39, 0.29) is 0 Å². The molecule has 3 heterocycles. The fourth-order valence-corrected chi connectivity index (χ4v) is 6.98. The van der Waals surface area contributed by atoms with E-state index in [2.05, 4.69) is 62.4 Å². The monoisotopic (exact) mass is 536 g/mol. The molecule has 0 bridgehead atoms. The second-order valence-corrected chi connectivity index (χ2v) is 12.1. The maximum absolute atomic E-state index is 10.6. The van der Waals surface area contributed by atoms with Gasteiger partial charge in [0, 0.05) is 32.4 Å². The van der Waals surface area contributed by atoms with Gasteiger partial charge in [-0.15, -0.1) is 22.7 Å². The van der Waals surface area contributed by atoms with Crippen molar-refractivity contribution in [2.24, 2.45) is 0 Å². The van der Waals surface area contributed by atoms with Crippen LogP contribution in [-0.2, 0) is 17.6 Å². The summed E-state index contributed by atoms with van der Waals surface area (Å²) in [6.07, 6.45) is -4.10. The summed E-state index contributed by atoms with van der Waals surface area (Å²) in [6.45, 7) is 3.77. The number of hydrogen-bond donors (Lipinski definition) is 4. The van der Waals surface area contributed by atoms with Gasteiger partial charge in [-0.05, 0) is 65.9 Å². The van der Waals surface area contributed by atoms with Crippen LogP contribution in [-0.4, -0.2) is 51.4 Å². The molecule has 2 aromatic carbocycles. The molecule has 0 amide bonds. The van der Waals surface area contributed by atoms with E-state index < -0.39 is 37.1 Å². The first-order valence-corrected chi connectivity index (χ1v) is 14.1. The van der Waals surface area contributed by atoms with Crippen molar-refractivity contribution in [3.8, 4) is 9.75 Å². The normalized spacial score (nSPS) is 23.9. The molecule has 0 radical (unpaired) electrons. The van der Waals surface area contributed by atoms with Gasteiger partial charge in [0.15, 0.2) is 0 Å². The lowest BCUT2D eigenvalue weighted by Crippen LogP contribution is -2.55. The highest BCUT2D eigenvalue weighted by Crippen LogP contribution is 2.37. The van der Waals surface area contributed by atoms with Crippen molar-refractivity contribution in [1.82, 2.24) is 0 Å². The third-order valence-electron chi connectivity index (χ3n) is 7.15. The lowest BCUT2D eigenvalue weighted by molar-refractivity contribution is -0.231. The molecule has 0 aliphatic carbocycles. The average Bonchev–Trinajstić information content (AvgIpc) is 3.55. The van der Waals surface area contributed by atoms with Gasteiger partial charge in [0.05, 0.1) is 6.61 Å². The number of rotatable bonds is 7. The summed E-state index contributed by atoms with van der Waals surface area (Å²) in [7, 11) is 0. The standard InChI is InChI=1S/C30H32O5S2/c1-17-5-3-4-6-19(17)14-22-9-11-25(36-22)26-12-10-23(37-26)15-21-13-20(8-7-18(21)2)30-29(34)28(33)27(32)24(16-31)35-30/h3-13,24,27-34H,14-16H2,1-2H3. The number of thiophene rings is 2. The smallest absolute Gasteiger partial charge is 0.113 e. The molecule has 1 aliphatic heterocycles. The molecule has 4 N–H and O–H groups in total. The summed E-state index contributed by atoms with van der Waals surface area (Å²) in [5.41, 5.74) is 5.62. The maximum Gasteiger partial charge on any atom is 0.113 e. The average molecular weight is 537 g/mol. The summed E-state index contributed by atoms with van der Waals surface area (Å²) in [4.78, 5) is 5.10. The lowest BCUT2D eigenvalue weighted by Gasteiger charge is -2.40. The van der Waals surface area contributed by atoms with E-state index >= 15 is 0 Å². The minimum atomic E-state index is -1.39. The van der Waals surface area contributed by atoms with Crippen LogP contribution in [0, 0.1) is 13.8 Å². The third-order valence-corrected chi connectivity index (χ3v) is 9.52. The Bertz CT molecular complexity index is 1360. The zero-order chi connectivity index (χ0) is 26.1. The Labute approximate surface area is 225 Å². The molecule has 37 heavy (non-hydrogen) atoms. The number of hydrogen-bond acceptors (Lipinski definition) is 7. The molecule has 194 valence electrons. The summed E-state index contributed by atoms with van der Waals surface area (Å²) in [6, 6.07) is 23.1. The van der Waals surface area contributed by atoms with Gasteiger partial charge in [-0.2, -0.15) is 0 Å². The van der Waals surface area contributed by atoms with Gasteiger partial charge in [0.1, 0.15) is 30.5 Å². The number of aliphatic hydroxyl groups is 4. The largest absolute Gasteiger partial charge is 0.394 e. The van der Waals surface area contributed by atoms with Crippen molar-refractivity contribution >= 4 is 22.7 Å². The Kier molecular flexibility index (Phi) is 7.93. The molecule has 5 unspecified atom stereocenters. The molecule has 5 nitrogen and oxygen atoms in total. The Balaban J connectivity index is 1.32. The zero-order valence-corrected chi connectivity index (χ0v) is 22.5. The summed E-state index contributed by atoms with van der Waals surface area (Å²) in [5.74, 6) is 0. The highest BCUT2D eigenvalue weighted by atomic mass is 32.1. The molecule has 5 rings (SSSR count). The maximum atomic E-state index is 10.6. The van der Waals surface area contributed by atoms with Gasteiger partial charge in [-0.1, -0.05) is 42.5 Å². The lowest BCUT2D eigenvalue weighted by atomic mass is 9.89. The number of benzene rings is 2. The van der Waals surface area contributed by atoms with Crippen LogP contribution in [0.2, 0.25) is 0 Å². The van der Waals surface area contributed by atoms with Crippen molar-refractivity contribution in [1.29, 1.82) is 0 Å². The Morgan fingerprint density at radius 2 is 1.32 bits per heavy atom. The quantitative estimate of drug-likeness (QED) is 0.273. The van der Waals surface area contributed by atoms with Crippen LogP contribution >= 0.6 is 22.7 Å². The fraction of sp³-hybridized carbons (Fsp3) is 0.333. The van der Waals surface area contributed by atoms with Gasteiger partial charge in [-0.3, -0.25) is 0 Å². The Morgan fingerprint density at radius 3 is 1.97 bits per heavy atom. The summed E-state index contributed by atoms with van der Waals surface area (Å²) in [5, 5.41) is 40.4. The van der Waals surface area contributed by atoms with Crippen LogP contribution in [0.1, 0.15) is 43.7 Å². The van der Waals surface area contributed by atoms with Gasteiger partial charge in [0.2, 0.25) is 0 Å². The SMILES string of the molecule is Cc1ccccc1Cc1ccc(-c2ccc(Cc3cc(C4OC(CO)C(O)C(O)C4O)ccc3C)s2)s1. The molecule has 0 spiro atoms. The first kappa shape index (κ1) is 26.3. The number of ether oxygens (including phenoxy) is 1. The predicted octanol–water partition coefficient (Wildman–Crippen LogP) is 4.79. The summed E-state index contributed by atoms with van der Waals surface area (Å²) >= 11 is 3.62. The molecule has 0 saturated carbocycles. The second kappa shape index (κ2) is 11.2. The predicted molar refractivity (Wildman–Crippen MR) is 148 cm³/mol. The minimum absolute atomic E-state index is 0.437.